The molecule has 2 rings (SSSR count). The number of esters is 1. The minimum absolute atomic E-state index is 0.0645. The first-order valence-corrected chi connectivity index (χ1v) is 7.94. The lowest BCUT2D eigenvalue weighted by Crippen LogP contribution is -2.30. The van der Waals surface area contributed by atoms with Gasteiger partial charge in [0.15, 0.2) is 0 Å². The molecule has 2 aromatic carbocycles. The number of sulfonamides is 1. The first-order chi connectivity index (χ1) is 10.4. The highest BCUT2D eigenvalue weighted by molar-refractivity contribution is 7.89. The van der Waals surface area contributed by atoms with Gasteiger partial charge in [-0.25, -0.2) is 8.42 Å². The number of methoxy groups -OCH3 is 1. The van der Waals surface area contributed by atoms with Crippen LogP contribution in [0.3, 0.4) is 0 Å². The third kappa shape index (κ3) is 3.63. The van der Waals surface area contributed by atoms with Crippen LogP contribution in [0.15, 0.2) is 53.4 Å². The Labute approximate surface area is 129 Å². The Bertz CT molecular complexity index is 770. The van der Waals surface area contributed by atoms with Gasteiger partial charge in [-0.2, -0.15) is 4.72 Å². The number of carbonyl (C=O) groups is 1. The molecule has 0 amide bonds. The SMILES string of the molecule is COC(=O)CNS(=O)(=O)c1ccc(-c2ccccc2N)cc1. The van der Waals surface area contributed by atoms with E-state index in [2.05, 4.69) is 9.46 Å². The summed E-state index contributed by atoms with van der Waals surface area (Å²) in [5.74, 6) is -0.655. The molecule has 0 atom stereocenters. The van der Waals surface area contributed by atoms with Crippen molar-refractivity contribution < 1.29 is 17.9 Å². The van der Waals surface area contributed by atoms with Crippen LogP contribution >= 0.6 is 0 Å². The average molecular weight is 320 g/mol. The fourth-order valence-corrected chi connectivity index (χ4v) is 2.85. The summed E-state index contributed by atoms with van der Waals surface area (Å²) in [6, 6.07) is 13.6. The molecule has 6 nitrogen and oxygen atoms in total. The molecule has 0 fully saturated rings. The summed E-state index contributed by atoms with van der Waals surface area (Å²) >= 11 is 0. The van der Waals surface area contributed by atoms with Crippen LogP contribution in [0.2, 0.25) is 0 Å². The third-order valence-corrected chi connectivity index (χ3v) is 4.49. The van der Waals surface area contributed by atoms with E-state index in [4.69, 9.17) is 5.73 Å². The molecule has 0 heterocycles. The van der Waals surface area contributed by atoms with Crippen LogP contribution in [0.1, 0.15) is 0 Å². The zero-order valence-corrected chi connectivity index (χ0v) is 12.8. The summed E-state index contributed by atoms with van der Waals surface area (Å²) in [5.41, 5.74) is 8.14. The number of hydrogen-bond acceptors (Lipinski definition) is 5. The molecule has 0 saturated carbocycles. The topological polar surface area (TPSA) is 98.5 Å². The van der Waals surface area contributed by atoms with Gasteiger partial charge in [-0.15, -0.1) is 0 Å². The van der Waals surface area contributed by atoms with Gasteiger partial charge >= 0.3 is 5.97 Å². The lowest BCUT2D eigenvalue weighted by atomic mass is 10.0. The van der Waals surface area contributed by atoms with E-state index >= 15 is 0 Å². The van der Waals surface area contributed by atoms with Crippen molar-refractivity contribution in [2.45, 2.75) is 4.90 Å². The van der Waals surface area contributed by atoms with E-state index in [0.717, 1.165) is 11.1 Å². The summed E-state index contributed by atoms with van der Waals surface area (Å²) in [4.78, 5) is 11.1. The van der Waals surface area contributed by atoms with Crippen molar-refractivity contribution in [3.8, 4) is 11.1 Å². The maximum absolute atomic E-state index is 12.0. The van der Waals surface area contributed by atoms with Gasteiger partial charge in [-0.1, -0.05) is 30.3 Å². The van der Waals surface area contributed by atoms with Crippen molar-refractivity contribution in [2.24, 2.45) is 0 Å². The molecule has 3 N–H and O–H groups in total. The van der Waals surface area contributed by atoms with Gasteiger partial charge in [0, 0.05) is 11.3 Å². The minimum Gasteiger partial charge on any atom is -0.468 e. The zero-order chi connectivity index (χ0) is 16.2. The molecule has 0 saturated heterocycles. The highest BCUT2D eigenvalue weighted by atomic mass is 32.2. The molecule has 0 bridgehead atoms. The minimum atomic E-state index is -3.76. The van der Waals surface area contributed by atoms with Gasteiger partial charge < -0.3 is 10.5 Å². The van der Waals surface area contributed by atoms with Crippen LogP contribution in [0, 0.1) is 0 Å². The lowest BCUT2D eigenvalue weighted by molar-refractivity contribution is -0.139. The fraction of sp³-hybridized carbons (Fsp3) is 0.133. The van der Waals surface area contributed by atoms with E-state index < -0.39 is 22.5 Å². The molecule has 0 spiro atoms. The zero-order valence-electron chi connectivity index (χ0n) is 11.9. The number of rotatable bonds is 5. The molecule has 0 unspecified atom stereocenters. The van der Waals surface area contributed by atoms with E-state index in [-0.39, 0.29) is 4.90 Å². The highest BCUT2D eigenvalue weighted by Gasteiger charge is 2.15. The maximum Gasteiger partial charge on any atom is 0.320 e. The second kappa shape index (κ2) is 6.59. The summed E-state index contributed by atoms with van der Waals surface area (Å²) < 4.78 is 30.6. The van der Waals surface area contributed by atoms with Gasteiger partial charge in [0.25, 0.3) is 0 Å². The van der Waals surface area contributed by atoms with Gasteiger partial charge in [0.1, 0.15) is 6.54 Å². The van der Waals surface area contributed by atoms with E-state index in [9.17, 15) is 13.2 Å². The standard InChI is InChI=1S/C15H16N2O4S/c1-21-15(18)10-17-22(19,20)12-8-6-11(7-9-12)13-4-2-3-5-14(13)16/h2-9,17H,10,16H2,1H3. The Balaban J connectivity index is 2.22. The van der Waals surface area contributed by atoms with E-state index in [1.807, 2.05) is 18.2 Å². The monoisotopic (exact) mass is 320 g/mol. The second-order valence-electron chi connectivity index (χ2n) is 4.51. The molecule has 2 aromatic rings. The van der Waals surface area contributed by atoms with Crippen LogP contribution < -0.4 is 10.5 Å². The average Bonchev–Trinajstić information content (AvgIpc) is 2.53. The van der Waals surface area contributed by atoms with Crippen LogP contribution in [0.25, 0.3) is 11.1 Å². The Morgan fingerprint density at radius 1 is 1.14 bits per heavy atom. The molecule has 22 heavy (non-hydrogen) atoms. The predicted molar refractivity (Wildman–Crippen MR) is 83.5 cm³/mol. The number of benzene rings is 2. The predicted octanol–water partition coefficient (Wildman–Crippen LogP) is 1.39. The van der Waals surface area contributed by atoms with Gasteiger partial charge in [0.05, 0.1) is 12.0 Å². The number of nitrogen functional groups attached to an aromatic ring is 1. The number of nitrogens with one attached hydrogen (secondary N) is 1. The van der Waals surface area contributed by atoms with Crippen molar-refractivity contribution in [3.63, 3.8) is 0 Å². The third-order valence-electron chi connectivity index (χ3n) is 3.07. The van der Waals surface area contributed by atoms with Gasteiger partial charge in [-0.3, -0.25) is 4.79 Å². The molecule has 0 aliphatic carbocycles. The van der Waals surface area contributed by atoms with Crippen molar-refractivity contribution in [3.05, 3.63) is 48.5 Å². The van der Waals surface area contributed by atoms with Crippen molar-refractivity contribution >= 4 is 21.7 Å². The first kappa shape index (κ1) is 16.0. The molecule has 116 valence electrons. The van der Waals surface area contributed by atoms with Crippen molar-refractivity contribution in [1.29, 1.82) is 0 Å². The van der Waals surface area contributed by atoms with Crippen molar-refractivity contribution in [1.82, 2.24) is 4.72 Å². The number of nitrogens with two attached hydrogens (primary N) is 1. The van der Waals surface area contributed by atoms with Crippen LogP contribution in [0.5, 0.6) is 0 Å². The largest absolute Gasteiger partial charge is 0.468 e. The van der Waals surface area contributed by atoms with Crippen molar-refractivity contribution in [2.75, 3.05) is 19.4 Å². The van der Waals surface area contributed by atoms with E-state index in [1.165, 1.54) is 19.2 Å². The molecule has 0 aromatic heterocycles. The Hall–Kier alpha value is -2.38. The number of anilines is 1. The Morgan fingerprint density at radius 2 is 1.77 bits per heavy atom. The van der Waals surface area contributed by atoms with Gasteiger partial charge in [-0.05, 0) is 23.8 Å². The maximum atomic E-state index is 12.0. The number of hydrogen-bond donors (Lipinski definition) is 2. The number of para-hydroxylation sites is 1. The molecule has 0 aliphatic rings. The number of carbonyl (C=O) groups excluding carboxylic acids is 1. The summed E-state index contributed by atoms with van der Waals surface area (Å²) in [7, 11) is -2.57. The Kier molecular flexibility index (Phi) is 4.79. The van der Waals surface area contributed by atoms with E-state index in [0.29, 0.717) is 5.69 Å². The van der Waals surface area contributed by atoms with Crippen LogP contribution in [-0.4, -0.2) is 28.0 Å². The molecule has 0 aliphatic heterocycles. The summed E-state index contributed by atoms with van der Waals surface area (Å²) in [5, 5.41) is 0. The first-order valence-electron chi connectivity index (χ1n) is 6.45. The van der Waals surface area contributed by atoms with E-state index in [1.54, 1.807) is 18.2 Å². The lowest BCUT2D eigenvalue weighted by Gasteiger charge is -2.08. The molecule has 7 heteroatoms. The summed E-state index contributed by atoms with van der Waals surface area (Å²) in [6.07, 6.45) is 0. The summed E-state index contributed by atoms with van der Waals surface area (Å²) in [6.45, 7) is -0.410. The molecular weight excluding hydrogens is 304 g/mol. The normalized spacial score (nSPS) is 11.1. The Morgan fingerprint density at radius 3 is 2.36 bits per heavy atom. The van der Waals surface area contributed by atoms with Crippen LogP contribution in [-0.2, 0) is 19.6 Å². The molecular formula is C15H16N2O4S. The fourth-order valence-electron chi connectivity index (χ4n) is 1.88. The quantitative estimate of drug-likeness (QED) is 0.641. The molecule has 0 radical (unpaired) electrons. The smallest absolute Gasteiger partial charge is 0.320 e. The second-order valence-corrected chi connectivity index (χ2v) is 6.28. The number of ether oxygens (including phenoxy) is 1. The van der Waals surface area contributed by atoms with Gasteiger partial charge in [0.2, 0.25) is 10.0 Å². The van der Waals surface area contributed by atoms with Crippen LogP contribution in [0.4, 0.5) is 5.69 Å². The highest BCUT2D eigenvalue weighted by Crippen LogP contribution is 2.26.